The van der Waals surface area contributed by atoms with Gasteiger partial charge in [-0.1, -0.05) is 61.9 Å². The van der Waals surface area contributed by atoms with Crippen molar-refractivity contribution in [2.24, 2.45) is 0 Å². The molecule has 2 aromatic carbocycles. The van der Waals surface area contributed by atoms with Crippen LogP contribution in [0.2, 0.25) is 0 Å². The highest BCUT2D eigenvalue weighted by Crippen LogP contribution is 2.37. The van der Waals surface area contributed by atoms with Crippen molar-refractivity contribution >= 4 is 29.2 Å². The lowest BCUT2D eigenvalue weighted by atomic mass is 10.1. The second-order valence-corrected chi connectivity index (χ2v) is 8.30. The number of thioether (sulfide) groups is 1. The molecule has 0 aliphatic rings. The number of amides is 1. The zero-order valence-corrected chi connectivity index (χ0v) is 18.4. The van der Waals surface area contributed by atoms with Crippen LogP contribution in [-0.4, -0.2) is 22.5 Å². The van der Waals surface area contributed by atoms with Gasteiger partial charge in [0.1, 0.15) is 11.1 Å². The zero-order valence-electron chi connectivity index (χ0n) is 17.6. The number of carbonyl (C=O) groups excluding carboxylic acids is 1. The zero-order chi connectivity index (χ0) is 22.4. The van der Waals surface area contributed by atoms with E-state index in [0.717, 1.165) is 23.3 Å². The summed E-state index contributed by atoms with van der Waals surface area (Å²) < 4.78 is 1.31. The number of hydrogen-bond acceptors (Lipinski definition) is 5. The summed E-state index contributed by atoms with van der Waals surface area (Å²) in [4.78, 5) is 42.9. The van der Waals surface area contributed by atoms with Crippen LogP contribution in [0, 0.1) is 0 Å². The van der Waals surface area contributed by atoms with Crippen molar-refractivity contribution in [3.8, 4) is 0 Å². The van der Waals surface area contributed by atoms with E-state index in [1.807, 2.05) is 67.6 Å². The van der Waals surface area contributed by atoms with Crippen molar-refractivity contribution in [2.45, 2.75) is 36.5 Å². The molecule has 1 aromatic heterocycles. The van der Waals surface area contributed by atoms with Gasteiger partial charge in [-0.05, 0) is 24.1 Å². The van der Waals surface area contributed by atoms with Crippen LogP contribution in [-0.2, 0) is 11.3 Å². The van der Waals surface area contributed by atoms with Crippen LogP contribution in [0.1, 0.15) is 30.6 Å². The van der Waals surface area contributed by atoms with Crippen LogP contribution < -0.4 is 21.9 Å². The predicted molar refractivity (Wildman–Crippen MR) is 126 cm³/mol. The molecule has 0 unspecified atom stereocenters. The van der Waals surface area contributed by atoms with Gasteiger partial charge in [0, 0.05) is 18.5 Å². The van der Waals surface area contributed by atoms with E-state index >= 15 is 0 Å². The highest BCUT2D eigenvalue weighted by Gasteiger charge is 2.29. The summed E-state index contributed by atoms with van der Waals surface area (Å²) in [6, 6.07) is 19.0. The summed E-state index contributed by atoms with van der Waals surface area (Å²) in [5, 5.41) is -0.594. The van der Waals surface area contributed by atoms with E-state index in [1.165, 1.54) is 28.3 Å². The van der Waals surface area contributed by atoms with Crippen molar-refractivity contribution in [2.75, 3.05) is 17.7 Å². The molecule has 8 heteroatoms. The first-order chi connectivity index (χ1) is 14.9. The van der Waals surface area contributed by atoms with Gasteiger partial charge in [-0.15, -0.1) is 11.8 Å². The van der Waals surface area contributed by atoms with Gasteiger partial charge < -0.3 is 10.6 Å². The normalized spacial score (nSPS) is 11.8. The summed E-state index contributed by atoms with van der Waals surface area (Å²) >= 11 is 1.39. The fraction of sp³-hybridized carbons (Fsp3) is 0.261. The SMILES string of the molecule is CCCCn1c(N)c(N(C)C(=O)[C@@H](Sc2ccccc2)c2ccccc2)c(=O)[nH]c1=O. The Morgan fingerprint density at radius 1 is 1.10 bits per heavy atom. The summed E-state index contributed by atoms with van der Waals surface area (Å²) in [5.74, 6) is -0.312. The molecule has 0 bridgehead atoms. The van der Waals surface area contributed by atoms with E-state index in [4.69, 9.17) is 5.73 Å². The number of anilines is 2. The fourth-order valence-electron chi connectivity index (χ4n) is 3.25. The van der Waals surface area contributed by atoms with E-state index in [9.17, 15) is 14.4 Å². The van der Waals surface area contributed by atoms with E-state index < -0.39 is 16.5 Å². The Balaban J connectivity index is 2.02. The molecule has 1 atom stereocenters. The average molecular weight is 439 g/mol. The third-order valence-corrected chi connectivity index (χ3v) is 6.19. The Labute approximate surface area is 184 Å². The maximum atomic E-state index is 13.6. The minimum atomic E-state index is -0.678. The molecular formula is C23H26N4O3S. The van der Waals surface area contributed by atoms with E-state index in [-0.39, 0.29) is 17.4 Å². The van der Waals surface area contributed by atoms with Crippen LogP contribution in [0.3, 0.4) is 0 Å². The van der Waals surface area contributed by atoms with Crippen molar-refractivity contribution in [3.63, 3.8) is 0 Å². The number of unbranched alkanes of at least 4 members (excludes halogenated alkanes) is 1. The van der Waals surface area contributed by atoms with E-state index in [1.54, 1.807) is 0 Å². The Hall–Kier alpha value is -3.26. The molecule has 0 aliphatic carbocycles. The van der Waals surface area contributed by atoms with Gasteiger partial charge in [0.15, 0.2) is 5.69 Å². The third kappa shape index (κ3) is 5.08. The molecule has 1 amide bonds. The van der Waals surface area contributed by atoms with Gasteiger partial charge in [-0.2, -0.15) is 0 Å². The minimum absolute atomic E-state index is 0.00503. The number of aromatic nitrogens is 2. The number of likely N-dealkylation sites (N-methyl/N-ethyl adjacent to an activating group) is 1. The number of hydrogen-bond donors (Lipinski definition) is 2. The fourth-order valence-corrected chi connectivity index (χ4v) is 4.39. The molecule has 0 saturated carbocycles. The van der Waals surface area contributed by atoms with Crippen LogP contribution >= 0.6 is 11.8 Å². The van der Waals surface area contributed by atoms with Crippen molar-refractivity contribution in [3.05, 3.63) is 87.1 Å². The van der Waals surface area contributed by atoms with Crippen LogP contribution in [0.5, 0.6) is 0 Å². The van der Waals surface area contributed by atoms with Crippen LogP contribution in [0.15, 0.2) is 75.1 Å². The van der Waals surface area contributed by atoms with Crippen LogP contribution in [0.25, 0.3) is 0 Å². The highest BCUT2D eigenvalue weighted by molar-refractivity contribution is 8.00. The van der Waals surface area contributed by atoms with Gasteiger partial charge in [0.05, 0.1) is 0 Å². The molecule has 0 fully saturated rings. The molecule has 7 nitrogen and oxygen atoms in total. The van der Waals surface area contributed by atoms with Gasteiger partial charge in [0.25, 0.3) is 5.56 Å². The number of nitrogens with two attached hydrogens (primary N) is 1. The maximum absolute atomic E-state index is 13.6. The number of nitrogens with zero attached hydrogens (tertiary/aromatic N) is 2. The molecule has 3 N–H and O–H groups in total. The molecule has 0 saturated heterocycles. The van der Waals surface area contributed by atoms with Gasteiger partial charge in [0.2, 0.25) is 5.91 Å². The number of H-pyrrole nitrogens is 1. The number of nitrogens with one attached hydrogen (secondary N) is 1. The Bertz CT molecular complexity index is 1140. The van der Waals surface area contributed by atoms with Crippen LogP contribution in [0.4, 0.5) is 11.5 Å². The number of nitrogen functional groups attached to an aromatic ring is 1. The maximum Gasteiger partial charge on any atom is 0.330 e. The lowest BCUT2D eigenvalue weighted by Gasteiger charge is -2.25. The summed E-state index contributed by atoms with van der Waals surface area (Å²) in [6.07, 6.45) is 1.59. The number of benzene rings is 2. The predicted octanol–water partition coefficient (Wildman–Crippen LogP) is 3.42. The number of carbonyl (C=O) groups is 1. The molecule has 3 aromatic rings. The number of aromatic amines is 1. The first kappa shape index (κ1) is 22.4. The van der Waals surface area contributed by atoms with Crippen molar-refractivity contribution in [1.82, 2.24) is 9.55 Å². The molecule has 1 heterocycles. The summed E-state index contributed by atoms with van der Waals surface area (Å²) in [7, 11) is 1.51. The lowest BCUT2D eigenvalue weighted by Crippen LogP contribution is -2.40. The van der Waals surface area contributed by atoms with Crippen molar-refractivity contribution in [1.29, 1.82) is 0 Å². The largest absolute Gasteiger partial charge is 0.383 e. The third-order valence-electron chi connectivity index (χ3n) is 4.94. The quantitative estimate of drug-likeness (QED) is 0.525. The second kappa shape index (κ2) is 10.2. The lowest BCUT2D eigenvalue weighted by molar-refractivity contribution is -0.117. The molecule has 0 radical (unpaired) electrons. The molecule has 0 spiro atoms. The van der Waals surface area contributed by atoms with Gasteiger partial charge >= 0.3 is 5.69 Å². The van der Waals surface area contributed by atoms with Gasteiger partial charge in [-0.25, -0.2) is 4.79 Å². The Morgan fingerprint density at radius 3 is 2.32 bits per heavy atom. The monoisotopic (exact) mass is 438 g/mol. The molecule has 162 valence electrons. The first-order valence-corrected chi connectivity index (χ1v) is 11.0. The Kier molecular flexibility index (Phi) is 7.36. The smallest absolute Gasteiger partial charge is 0.330 e. The average Bonchev–Trinajstić information content (AvgIpc) is 2.78. The molecule has 31 heavy (non-hydrogen) atoms. The molecular weight excluding hydrogens is 412 g/mol. The second-order valence-electron chi connectivity index (χ2n) is 7.12. The molecule has 0 aliphatic heterocycles. The minimum Gasteiger partial charge on any atom is -0.383 e. The van der Waals surface area contributed by atoms with E-state index in [2.05, 4.69) is 4.98 Å². The van der Waals surface area contributed by atoms with E-state index in [0.29, 0.717) is 6.54 Å². The van der Waals surface area contributed by atoms with Crippen molar-refractivity contribution < 1.29 is 4.79 Å². The standard InChI is InChI=1S/C23H26N4O3S/c1-3-4-15-27-20(24)18(21(28)25-23(27)30)26(2)22(29)19(16-11-7-5-8-12-16)31-17-13-9-6-10-14-17/h5-14,19H,3-4,15,24H2,1-2H3,(H,25,28,30)/t19-/m0/s1. The Morgan fingerprint density at radius 2 is 1.71 bits per heavy atom. The topological polar surface area (TPSA) is 101 Å². The summed E-state index contributed by atoms with van der Waals surface area (Å²) in [5.41, 5.74) is 5.74. The summed E-state index contributed by atoms with van der Waals surface area (Å²) in [6.45, 7) is 2.36. The highest BCUT2D eigenvalue weighted by atomic mass is 32.2. The van der Waals surface area contributed by atoms with Gasteiger partial charge in [-0.3, -0.25) is 19.1 Å². The molecule has 3 rings (SSSR count). The number of rotatable bonds is 8. The first-order valence-electron chi connectivity index (χ1n) is 10.1.